The number of aliphatic imine (C=N–C) groups is 1. The Hall–Kier alpha value is -1.46. The first-order chi connectivity index (χ1) is 12.4. The first kappa shape index (κ1) is 20.8. The van der Waals surface area contributed by atoms with Crippen molar-refractivity contribution in [3.05, 3.63) is 30.2 Å². The van der Waals surface area contributed by atoms with Crippen molar-refractivity contribution in [1.29, 1.82) is 0 Å². The van der Waals surface area contributed by atoms with E-state index in [1.807, 2.05) is 35.7 Å². The molecule has 0 aliphatic carbocycles. The Balaban J connectivity index is 0.00000243. The Bertz CT molecular complexity index is 687. The van der Waals surface area contributed by atoms with Crippen molar-refractivity contribution in [3.63, 3.8) is 0 Å². The summed E-state index contributed by atoms with van der Waals surface area (Å²) in [5.74, 6) is 1.59. The van der Waals surface area contributed by atoms with Crippen molar-refractivity contribution in [3.8, 4) is 0 Å². The minimum Gasteiger partial charge on any atom is -0.379 e. The molecule has 26 heavy (non-hydrogen) atoms. The summed E-state index contributed by atoms with van der Waals surface area (Å²) in [5.41, 5.74) is 0.832. The fourth-order valence-electron chi connectivity index (χ4n) is 2.66. The van der Waals surface area contributed by atoms with E-state index < -0.39 is 0 Å². The fourth-order valence-corrected chi connectivity index (χ4v) is 2.66. The van der Waals surface area contributed by atoms with Gasteiger partial charge < -0.3 is 20.1 Å². The molecule has 2 N–H and O–H groups in total. The summed E-state index contributed by atoms with van der Waals surface area (Å²) < 4.78 is 13.0. The number of pyridine rings is 1. The Morgan fingerprint density at radius 2 is 2.31 bits per heavy atom. The third-order valence-corrected chi connectivity index (χ3v) is 3.96. The van der Waals surface area contributed by atoms with Gasteiger partial charge in [0, 0.05) is 32.5 Å². The van der Waals surface area contributed by atoms with E-state index in [1.165, 1.54) is 0 Å². The van der Waals surface area contributed by atoms with Crippen LogP contribution in [0.15, 0.2) is 29.4 Å². The van der Waals surface area contributed by atoms with Gasteiger partial charge in [-0.1, -0.05) is 6.07 Å². The van der Waals surface area contributed by atoms with E-state index in [0.717, 1.165) is 63.2 Å². The summed E-state index contributed by atoms with van der Waals surface area (Å²) in [6.07, 6.45) is 4.14. The first-order valence-electron chi connectivity index (χ1n) is 8.87. The third kappa shape index (κ3) is 6.06. The number of rotatable bonds is 8. The van der Waals surface area contributed by atoms with Gasteiger partial charge in [-0.3, -0.25) is 4.40 Å². The molecule has 2 aromatic heterocycles. The van der Waals surface area contributed by atoms with Crippen LogP contribution in [0.5, 0.6) is 0 Å². The van der Waals surface area contributed by atoms with Crippen LogP contribution in [0, 0.1) is 0 Å². The molecular weight excluding hydrogens is 447 g/mol. The molecular formula is C17H27IN6O2. The molecule has 0 saturated carbocycles. The van der Waals surface area contributed by atoms with Crippen LogP contribution in [0.1, 0.15) is 25.6 Å². The zero-order chi connectivity index (χ0) is 17.3. The lowest BCUT2D eigenvalue weighted by Crippen LogP contribution is -2.38. The maximum absolute atomic E-state index is 5.76. The average molecular weight is 474 g/mol. The molecule has 0 spiro atoms. The summed E-state index contributed by atoms with van der Waals surface area (Å²) in [7, 11) is 0. The van der Waals surface area contributed by atoms with Crippen molar-refractivity contribution < 1.29 is 9.47 Å². The molecule has 1 aliphatic rings. The Morgan fingerprint density at radius 3 is 3.12 bits per heavy atom. The van der Waals surface area contributed by atoms with Gasteiger partial charge >= 0.3 is 0 Å². The topological polar surface area (TPSA) is 85.1 Å². The van der Waals surface area contributed by atoms with Gasteiger partial charge in [0.1, 0.15) is 6.54 Å². The highest BCUT2D eigenvalue weighted by Crippen LogP contribution is 2.08. The van der Waals surface area contributed by atoms with E-state index in [-0.39, 0.29) is 30.1 Å². The van der Waals surface area contributed by atoms with Crippen LogP contribution in [-0.4, -0.2) is 59.6 Å². The molecule has 0 aromatic carbocycles. The van der Waals surface area contributed by atoms with Gasteiger partial charge in [0.25, 0.3) is 0 Å². The summed E-state index contributed by atoms with van der Waals surface area (Å²) in [4.78, 5) is 4.59. The Labute approximate surface area is 170 Å². The third-order valence-electron chi connectivity index (χ3n) is 3.96. The van der Waals surface area contributed by atoms with Crippen molar-refractivity contribution >= 4 is 35.6 Å². The molecule has 1 saturated heterocycles. The van der Waals surface area contributed by atoms with E-state index in [2.05, 4.69) is 25.8 Å². The Morgan fingerprint density at radius 1 is 1.38 bits per heavy atom. The molecule has 3 heterocycles. The lowest BCUT2D eigenvalue weighted by molar-refractivity contribution is 0.0420. The number of fused-ring (bicyclic) bond motifs is 1. The van der Waals surface area contributed by atoms with Gasteiger partial charge in [-0.2, -0.15) is 0 Å². The van der Waals surface area contributed by atoms with Crippen LogP contribution >= 0.6 is 24.0 Å². The Kier molecular flexibility index (Phi) is 9.06. The quantitative estimate of drug-likeness (QED) is 0.262. The lowest BCUT2D eigenvalue weighted by atomic mass is 10.3. The highest BCUT2D eigenvalue weighted by Gasteiger charge is 2.15. The number of hydrogen-bond donors (Lipinski definition) is 2. The van der Waals surface area contributed by atoms with Gasteiger partial charge in [-0.05, 0) is 31.9 Å². The zero-order valence-electron chi connectivity index (χ0n) is 15.1. The van der Waals surface area contributed by atoms with Gasteiger partial charge in [-0.15, -0.1) is 34.2 Å². The normalized spacial score (nSPS) is 17.3. The molecule has 1 aliphatic heterocycles. The van der Waals surface area contributed by atoms with E-state index >= 15 is 0 Å². The molecule has 3 rings (SSSR count). The highest BCUT2D eigenvalue weighted by atomic mass is 127. The van der Waals surface area contributed by atoms with Crippen LogP contribution < -0.4 is 10.6 Å². The monoisotopic (exact) mass is 474 g/mol. The largest absolute Gasteiger partial charge is 0.379 e. The number of nitrogens with zero attached hydrogens (tertiary/aromatic N) is 4. The van der Waals surface area contributed by atoms with Crippen LogP contribution in [0.25, 0.3) is 5.65 Å². The summed E-state index contributed by atoms with van der Waals surface area (Å²) in [6, 6.07) is 5.84. The minimum absolute atomic E-state index is 0. The van der Waals surface area contributed by atoms with Crippen LogP contribution in [0.3, 0.4) is 0 Å². The molecule has 0 bridgehead atoms. The highest BCUT2D eigenvalue weighted by molar-refractivity contribution is 14.0. The molecule has 9 heteroatoms. The predicted octanol–water partition coefficient (Wildman–Crippen LogP) is 1.60. The van der Waals surface area contributed by atoms with Crippen LogP contribution in [0.2, 0.25) is 0 Å². The van der Waals surface area contributed by atoms with Gasteiger partial charge in [-0.25, -0.2) is 4.99 Å². The fraction of sp³-hybridized carbons (Fsp3) is 0.588. The second kappa shape index (κ2) is 11.3. The number of hydrogen-bond acceptors (Lipinski definition) is 5. The van der Waals surface area contributed by atoms with Crippen LogP contribution in [-0.2, 0) is 16.0 Å². The van der Waals surface area contributed by atoms with Gasteiger partial charge in [0.2, 0.25) is 0 Å². The number of ether oxygens (including phenoxy) is 2. The zero-order valence-corrected chi connectivity index (χ0v) is 17.4. The standard InChI is InChI=1S/C17H26N6O2.HI/c1-2-18-17(19-8-5-10-25-14-7-11-24-13-14)20-12-16-22-21-15-6-3-4-9-23(15)16;/h3-4,6,9,14H,2,5,7-8,10-13H2,1H3,(H2,18,19,20);1H. The van der Waals surface area contributed by atoms with E-state index in [4.69, 9.17) is 9.47 Å². The summed E-state index contributed by atoms with van der Waals surface area (Å²) in [6.45, 7) is 6.40. The minimum atomic E-state index is 0. The number of aromatic nitrogens is 3. The molecule has 8 nitrogen and oxygen atoms in total. The molecule has 1 atom stereocenters. The van der Waals surface area contributed by atoms with Crippen molar-refractivity contribution in [2.24, 2.45) is 4.99 Å². The van der Waals surface area contributed by atoms with Gasteiger partial charge in [0.05, 0.1) is 12.7 Å². The average Bonchev–Trinajstić information content (AvgIpc) is 3.29. The maximum atomic E-state index is 5.76. The van der Waals surface area contributed by atoms with Crippen molar-refractivity contribution in [2.75, 3.05) is 32.9 Å². The van der Waals surface area contributed by atoms with E-state index in [0.29, 0.717) is 6.54 Å². The van der Waals surface area contributed by atoms with Crippen molar-refractivity contribution in [1.82, 2.24) is 25.2 Å². The second-order valence-electron chi connectivity index (χ2n) is 5.88. The SMILES string of the molecule is CCNC(=NCc1nnc2ccccn12)NCCCOC1CCOC1.I. The van der Waals surface area contributed by atoms with Crippen LogP contribution in [0.4, 0.5) is 0 Å². The molecule has 1 fully saturated rings. The predicted molar refractivity (Wildman–Crippen MR) is 111 cm³/mol. The summed E-state index contributed by atoms with van der Waals surface area (Å²) >= 11 is 0. The molecule has 2 aromatic rings. The number of guanidine groups is 1. The lowest BCUT2D eigenvalue weighted by Gasteiger charge is -2.12. The number of halogens is 1. The van der Waals surface area contributed by atoms with E-state index in [9.17, 15) is 0 Å². The van der Waals surface area contributed by atoms with Crippen molar-refractivity contribution in [2.45, 2.75) is 32.4 Å². The molecule has 0 amide bonds. The molecule has 1 unspecified atom stereocenters. The second-order valence-corrected chi connectivity index (χ2v) is 5.88. The summed E-state index contributed by atoms with van der Waals surface area (Å²) in [5, 5.41) is 14.9. The van der Waals surface area contributed by atoms with E-state index in [1.54, 1.807) is 0 Å². The molecule has 0 radical (unpaired) electrons. The maximum Gasteiger partial charge on any atom is 0.191 e. The molecule has 144 valence electrons. The smallest absolute Gasteiger partial charge is 0.191 e. The van der Waals surface area contributed by atoms with Gasteiger partial charge in [0.15, 0.2) is 17.4 Å². The first-order valence-corrected chi connectivity index (χ1v) is 8.87. The number of nitrogens with one attached hydrogen (secondary N) is 2.